The Hall–Kier alpha value is -0.810. The fraction of sp³-hybridized carbons (Fsp3) is 0.917. The van der Waals surface area contributed by atoms with Crippen LogP contribution in [0.4, 0.5) is 4.79 Å². The van der Waals surface area contributed by atoms with Crippen molar-refractivity contribution in [3.05, 3.63) is 0 Å². The Balaban J connectivity index is 0.000000302. The maximum absolute atomic E-state index is 11.5. The van der Waals surface area contributed by atoms with Gasteiger partial charge in [-0.2, -0.15) is 0 Å². The summed E-state index contributed by atoms with van der Waals surface area (Å²) in [5, 5.41) is 0. The third kappa shape index (κ3) is 6.48. The number of morpholine rings is 1. The molecule has 2 heterocycles. The quantitative estimate of drug-likeness (QED) is 0.651. The van der Waals surface area contributed by atoms with E-state index in [-0.39, 0.29) is 6.09 Å². The van der Waals surface area contributed by atoms with Gasteiger partial charge in [-0.3, -0.25) is 0 Å². The maximum Gasteiger partial charge on any atom is 0.410 e. The number of rotatable bonds is 0. The van der Waals surface area contributed by atoms with E-state index in [9.17, 15) is 4.79 Å². The standard InChI is InChI=1S/C9H17NO3.C3H6O/c1-9(2,3)13-8(11)10-4-6-12-7-5-10;1-2-4-3-1/h4-7H2,1-3H3;1-3H2. The molecule has 5 nitrogen and oxygen atoms in total. The average molecular weight is 245 g/mol. The first-order valence-electron chi connectivity index (χ1n) is 6.12. The summed E-state index contributed by atoms with van der Waals surface area (Å²) in [5.41, 5.74) is -0.407. The minimum absolute atomic E-state index is 0.240. The summed E-state index contributed by atoms with van der Waals surface area (Å²) < 4.78 is 15.1. The summed E-state index contributed by atoms with van der Waals surface area (Å²) >= 11 is 0. The molecule has 0 aromatic heterocycles. The third-order valence-corrected chi connectivity index (χ3v) is 2.24. The fourth-order valence-electron chi connectivity index (χ4n) is 1.22. The van der Waals surface area contributed by atoms with Gasteiger partial charge in [-0.25, -0.2) is 4.79 Å². The summed E-state index contributed by atoms with van der Waals surface area (Å²) in [6.07, 6.45) is 1.04. The smallest absolute Gasteiger partial charge is 0.410 e. The minimum atomic E-state index is -0.407. The number of hydrogen-bond donors (Lipinski definition) is 0. The van der Waals surface area contributed by atoms with Crippen LogP contribution in [0.3, 0.4) is 0 Å². The van der Waals surface area contributed by atoms with Gasteiger partial charge in [0, 0.05) is 26.3 Å². The van der Waals surface area contributed by atoms with Crippen molar-refractivity contribution < 1.29 is 19.0 Å². The second-order valence-corrected chi connectivity index (χ2v) is 5.05. The summed E-state index contributed by atoms with van der Waals surface area (Å²) in [4.78, 5) is 13.1. The van der Waals surface area contributed by atoms with Crippen LogP contribution in [0.15, 0.2) is 0 Å². The van der Waals surface area contributed by atoms with Gasteiger partial charge >= 0.3 is 6.09 Å². The zero-order valence-electron chi connectivity index (χ0n) is 11.0. The molecular formula is C12H23NO4. The molecule has 17 heavy (non-hydrogen) atoms. The van der Waals surface area contributed by atoms with Crippen LogP contribution in [0.5, 0.6) is 0 Å². The average Bonchev–Trinajstić information content (AvgIpc) is 2.14. The third-order valence-electron chi connectivity index (χ3n) is 2.24. The molecule has 5 heteroatoms. The lowest BCUT2D eigenvalue weighted by Gasteiger charge is -2.29. The molecule has 2 aliphatic heterocycles. The molecule has 0 aromatic rings. The highest BCUT2D eigenvalue weighted by atomic mass is 16.6. The molecule has 0 spiro atoms. The Kier molecular flexibility index (Phi) is 5.71. The van der Waals surface area contributed by atoms with Crippen LogP contribution in [-0.4, -0.2) is 56.1 Å². The Labute approximate surface area is 103 Å². The Morgan fingerprint density at radius 1 is 1.06 bits per heavy atom. The van der Waals surface area contributed by atoms with Crippen molar-refractivity contribution in [3.63, 3.8) is 0 Å². The number of nitrogens with zero attached hydrogens (tertiary/aromatic N) is 1. The molecule has 0 radical (unpaired) electrons. The van der Waals surface area contributed by atoms with Gasteiger partial charge in [-0.1, -0.05) is 0 Å². The van der Waals surface area contributed by atoms with Crippen LogP contribution >= 0.6 is 0 Å². The first-order chi connectivity index (χ1) is 7.99. The molecule has 0 N–H and O–H groups in total. The number of ether oxygens (including phenoxy) is 3. The molecule has 0 aromatic carbocycles. The minimum Gasteiger partial charge on any atom is -0.444 e. The van der Waals surface area contributed by atoms with Crippen molar-refractivity contribution in [2.75, 3.05) is 39.5 Å². The van der Waals surface area contributed by atoms with Crippen LogP contribution in [0.2, 0.25) is 0 Å². The zero-order chi connectivity index (χ0) is 12.7. The lowest BCUT2D eigenvalue weighted by molar-refractivity contribution is -0.00677. The summed E-state index contributed by atoms with van der Waals surface area (Å²) in [6, 6.07) is 0. The van der Waals surface area contributed by atoms with E-state index in [0.717, 1.165) is 13.2 Å². The van der Waals surface area contributed by atoms with Crippen molar-refractivity contribution in [2.45, 2.75) is 32.8 Å². The van der Waals surface area contributed by atoms with Gasteiger partial charge in [0.15, 0.2) is 0 Å². The first-order valence-corrected chi connectivity index (χ1v) is 6.12. The number of hydrogen-bond acceptors (Lipinski definition) is 4. The summed E-state index contributed by atoms with van der Waals surface area (Å²) in [5.74, 6) is 0. The normalized spacial score (nSPS) is 19.8. The second-order valence-electron chi connectivity index (χ2n) is 5.05. The van der Waals surface area contributed by atoms with Crippen LogP contribution in [0.1, 0.15) is 27.2 Å². The zero-order valence-corrected chi connectivity index (χ0v) is 11.0. The van der Waals surface area contributed by atoms with E-state index < -0.39 is 5.60 Å². The van der Waals surface area contributed by atoms with E-state index in [0.29, 0.717) is 26.3 Å². The van der Waals surface area contributed by atoms with Crippen molar-refractivity contribution >= 4 is 6.09 Å². The van der Waals surface area contributed by atoms with E-state index in [1.165, 1.54) is 6.42 Å². The van der Waals surface area contributed by atoms with Gasteiger partial charge in [-0.05, 0) is 27.2 Å². The molecule has 1 amide bonds. The van der Waals surface area contributed by atoms with Crippen LogP contribution < -0.4 is 0 Å². The molecule has 100 valence electrons. The molecule has 0 saturated carbocycles. The molecule has 2 aliphatic rings. The van der Waals surface area contributed by atoms with E-state index in [4.69, 9.17) is 14.2 Å². The lowest BCUT2D eigenvalue weighted by Crippen LogP contribution is -2.43. The van der Waals surface area contributed by atoms with E-state index in [1.807, 2.05) is 20.8 Å². The monoisotopic (exact) mass is 245 g/mol. The van der Waals surface area contributed by atoms with Crippen molar-refractivity contribution in [3.8, 4) is 0 Å². The van der Waals surface area contributed by atoms with Crippen LogP contribution in [0, 0.1) is 0 Å². The Morgan fingerprint density at radius 3 is 1.88 bits per heavy atom. The van der Waals surface area contributed by atoms with Gasteiger partial charge in [-0.15, -0.1) is 0 Å². The molecule has 2 rings (SSSR count). The van der Waals surface area contributed by atoms with Gasteiger partial charge in [0.25, 0.3) is 0 Å². The first kappa shape index (κ1) is 14.3. The number of carbonyl (C=O) groups is 1. The predicted molar refractivity (Wildman–Crippen MR) is 64.1 cm³/mol. The molecule has 0 atom stereocenters. The van der Waals surface area contributed by atoms with Gasteiger partial charge in [0.05, 0.1) is 13.2 Å². The van der Waals surface area contributed by atoms with Gasteiger partial charge < -0.3 is 19.1 Å². The number of carbonyl (C=O) groups excluding carboxylic acids is 1. The molecule has 2 saturated heterocycles. The molecular weight excluding hydrogens is 222 g/mol. The SMILES string of the molecule is C1COC1.CC(C)(C)OC(=O)N1CCOCC1. The Bertz CT molecular complexity index is 223. The van der Waals surface area contributed by atoms with Crippen molar-refractivity contribution in [2.24, 2.45) is 0 Å². The van der Waals surface area contributed by atoms with E-state index >= 15 is 0 Å². The lowest BCUT2D eigenvalue weighted by atomic mass is 10.2. The summed E-state index contributed by atoms with van der Waals surface area (Å²) in [7, 11) is 0. The topological polar surface area (TPSA) is 48.0 Å². The van der Waals surface area contributed by atoms with Crippen LogP contribution in [0.25, 0.3) is 0 Å². The van der Waals surface area contributed by atoms with Crippen molar-refractivity contribution in [1.82, 2.24) is 4.90 Å². The van der Waals surface area contributed by atoms with Gasteiger partial charge in [0.1, 0.15) is 5.60 Å². The largest absolute Gasteiger partial charge is 0.444 e. The summed E-state index contributed by atoms with van der Waals surface area (Å²) in [6.45, 7) is 10.1. The molecule has 0 unspecified atom stereocenters. The van der Waals surface area contributed by atoms with Crippen molar-refractivity contribution in [1.29, 1.82) is 0 Å². The van der Waals surface area contributed by atoms with Crippen LogP contribution in [-0.2, 0) is 14.2 Å². The highest BCUT2D eigenvalue weighted by molar-refractivity contribution is 5.68. The maximum atomic E-state index is 11.5. The van der Waals surface area contributed by atoms with Gasteiger partial charge in [0.2, 0.25) is 0 Å². The highest BCUT2D eigenvalue weighted by Gasteiger charge is 2.23. The molecule has 2 fully saturated rings. The Morgan fingerprint density at radius 2 is 1.53 bits per heavy atom. The highest BCUT2D eigenvalue weighted by Crippen LogP contribution is 2.10. The second kappa shape index (κ2) is 6.81. The number of amides is 1. The van der Waals surface area contributed by atoms with E-state index in [1.54, 1.807) is 4.90 Å². The predicted octanol–water partition coefficient (Wildman–Crippen LogP) is 1.66. The molecule has 0 aliphatic carbocycles. The van der Waals surface area contributed by atoms with E-state index in [2.05, 4.69) is 0 Å². The fourth-order valence-corrected chi connectivity index (χ4v) is 1.22. The molecule has 0 bridgehead atoms.